The fourth-order valence-corrected chi connectivity index (χ4v) is 1.01. The van der Waals surface area contributed by atoms with E-state index in [0.717, 1.165) is 0 Å². The van der Waals surface area contributed by atoms with E-state index in [1.165, 1.54) is 7.11 Å². The first-order valence-electron chi connectivity index (χ1n) is 4.04. The quantitative estimate of drug-likeness (QED) is 0.555. The van der Waals surface area contributed by atoms with Crippen molar-refractivity contribution in [3.63, 3.8) is 0 Å². The molecule has 0 atom stereocenters. The van der Waals surface area contributed by atoms with E-state index in [9.17, 15) is 4.79 Å². The third-order valence-electron chi connectivity index (χ3n) is 1.69. The van der Waals surface area contributed by atoms with Crippen LogP contribution in [0.2, 0.25) is 0 Å². The number of ether oxygens (including phenoxy) is 1. The van der Waals surface area contributed by atoms with Crippen molar-refractivity contribution < 1.29 is 14.6 Å². The number of rotatable bonds is 2. The van der Waals surface area contributed by atoms with Crippen LogP contribution in [0.25, 0.3) is 0 Å². The van der Waals surface area contributed by atoms with Crippen molar-refractivity contribution in [3.8, 4) is 17.6 Å². The average molecular weight is 190 g/mol. The Morgan fingerprint density at radius 2 is 2.36 bits per heavy atom. The minimum Gasteiger partial charge on any atom is -0.497 e. The van der Waals surface area contributed by atoms with Crippen molar-refractivity contribution in [2.75, 3.05) is 13.7 Å². The normalized spacial score (nSPS) is 8.71. The summed E-state index contributed by atoms with van der Waals surface area (Å²) in [5.74, 6) is 5.77. The summed E-state index contributed by atoms with van der Waals surface area (Å²) in [7, 11) is 1.53. The number of benzene rings is 1. The van der Waals surface area contributed by atoms with E-state index >= 15 is 0 Å². The molecule has 0 saturated carbocycles. The second kappa shape index (κ2) is 5.05. The van der Waals surface area contributed by atoms with Crippen LogP contribution in [0.1, 0.15) is 15.9 Å². The Balaban J connectivity index is 3.11. The number of aliphatic hydroxyl groups is 1. The van der Waals surface area contributed by atoms with Crippen LogP contribution in [-0.2, 0) is 0 Å². The largest absolute Gasteiger partial charge is 0.497 e. The Labute approximate surface area is 82.3 Å². The second-order valence-corrected chi connectivity index (χ2v) is 2.53. The van der Waals surface area contributed by atoms with Crippen molar-refractivity contribution in [1.29, 1.82) is 0 Å². The van der Waals surface area contributed by atoms with Gasteiger partial charge in [-0.1, -0.05) is 11.8 Å². The van der Waals surface area contributed by atoms with Gasteiger partial charge < -0.3 is 9.84 Å². The molecular formula is C11H10O3. The lowest BCUT2D eigenvalue weighted by molar-refractivity contribution is 0.112. The number of aldehydes is 1. The fraction of sp³-hybridized carbons (Fsp3) is 0.182. The summed E-state index contributed by atoms with van der Waals surface area (Å²) < 4.78 is 4.96. The van der Waals surface area contributed by atoms with E-state index in [2.05, 4.69) is 11.8 Å². The summed E-state index contributed by atoms with van der Waals surface area (Å²) >= 11 is 0. The number of hydrogen-bond acceptors (Lipinski definition) is 3. The third kappa shape index (κ3) is 2.35. The van der Waals surface area contributed by atoms with E-state index in [1.54, 1.807) is 18.2 Å². The molecule has 1 N–H and O–H groups in total. The molecule has 0 aliphatic heterocycles. The molecule has 0 fully saturated rings. The smallest absolute Gasteiger partial charge is 0.151 e. The fourth-order valence-electron chi connectivity index (χ4n) is 1.01. The molecule has 14 heavy (non-hydrogen) atoms. The van der Waals surface area contributed by atoms with E-state index in [-0.39, 0.29) is 6.61 Å². The standard InChI is InChI=1S/C11H10O3/c1-14-11-5-4-9(3-2-6-12)10(7-11)8-13/h4-5,7-8,12H,6H2,1H3. The van der Waals surface area contributed by atoms with Gasteiger partial charge in [0, 0.05) is 11.1 Å². The molecular weight excluding hydrogens is 180 g/mol. The monoisotopic (exact) mass is 190 g/mol. The van der Waals surface area contributed by atoms with Crippen molar-refractivity contribution in [2.24, 2.45) is 0 Å². The van der Waals surface area contributed by atoms with Gasteiger partial charge in [0.15, 0.2) is 6.29 Å². The van der Waals surface area contributed by atoms with Gasteiger partial charge in [-0.05, 0) is 18.2 Å². The first-order chi connectivity index (χ1) is 6.81. The molecule has 0 bridgehead atoms. The minimum absolute atomic E-state index is 0.218. The second-order valence-electron chi connectivity index (χ2n) is 2.53. The maximum absolute atomic E-state index is 10.7. The maximum atomic E-state index is 10.7. The summed E-state index contributed by atoms with van der Waals surface area (Å²) in [6.45, 7) is -0.218. The van der Waals surface area contributed by atoms with Crippen LogP contribution in [0.3, 0.4) is 0 Å². The molecule has 0 radical (unpaired) electrons. The molecule has 1 aromatic rings. The highest BCUT2D eigenvalue weighted by Gasteiger charge is 2.00. The van der Waals surface area contributed by atoms with Crippen LogP contribution in [-0.4, -0.2) is 25.1 Å². The van der Waals surface area contributed by atoms with E-state index in [0.29, 0.717) is 23.2 Å². The molecule has 0 aliphatic carbocycles. The lowest BCUT2D eigenvalue weighted by atomic mass is 10.1. The molecule has 0 heterocycles. The van der Waals surface area contributed by atoms with Gasteiger partial charge in [0.05, 0.1) is 7.11 Å². The van der Waals surface area contributed by atoms with Gasteiger partial charge in [-0.2, -0.15) is 0 Å². The zero-order valence-corrected chi connectivity index (χ0v) is 7.78. The van der Waals surface area contributed by atoms with Gasteiger partial charge in [0.2, 0.25) is 0 Å². The summed E-state index contributed by atoms with van der Waals surface area (Å²) in [4.78, 5) is 10.7. The Morgan fingerprint density at radius 1 is 1.57 bits per heavy atom. The zero-order chi connectivity index (χ0) is 10.4. The Kier molecular flexibility index (Phi) is 3.71. The summed E-state index contributed by atoms with van der Waals surface area (Å²) in [6.07, 6.45) is 0.712. The highest BCUT2D eigenvalue weighted by molar-refractivity contribution is 5.80. The average Bonchev–Trinajstić information content (AvgIpc) is 2.26. The SMILES string of the molecule is COc1ccc(C#CCO)c(C=O)c1. The molecule has 0 saturated heterocycles. The summed E-state index contributed by atoms with van der Waals surface area (Å²) in [6, 6.07) is 5.01. The van der Waals surface area contributed by atoms with Gasteiger partial charge in [-0.15, -0.1) is 0 Å². The molecule has 0 aliphatic rings. The van der Waals surface area contributed by atoms with Gasteiger partial charge in [-0.3, -0.25) is 4.79 Å². The molecule has 1 aromatic carbocycles. The number of hydrogen-bond donors (Lipinski definition) is 1. The molecule has 3 nitrogen and oxygen atoms in total. The topological polar surface area (TPSA) is 46.5 Å². The lowest BCUT2D eigenvalue weighted by Crippen LogP contribution is -1.90. The minimum atomic E-state index is -0.218. The van der Waals surface area contributed by atoms with Crippen LogP contribution in [0.5, 0.6) is 5.75 Å². The summed E-state index contributed by atoms with van der Waals surface area (Å²) in [5, 5.41) is 8.51. The molecule has 72 valence electrons. The van der Waals surface area contributed by atoms with E-state index in [4.69, 9.17) is 9.84 Å². The highest BCUT2D eigenvalue weighted by atomic mass is 16.5. The summed E-state index contributed by atoms with van der Waals surface area (Å²) in [5.41, 5.74) is 1.06. The van der Waals surface area contributed by atoms with E-state index in [1.807, 2.05) is 0 Å². The van der Waals surface area contributed by atoms with Gasteiger partial charge in [0.25, 0.3) is 0 Å². The first-order valence-corrected chi connectivity index (χ1v) is 4.04. The van der Waals surface area contributed by atoms with Crippen LogP contribution in [0.15, 0.2) is 18.2 Å². The predicted octanol–water partition coefficient (Wildman–Crippen LogP) is 0.851. The molecule has 0 unspecified atom stereocenters. The number of aliphatic hydroxyl groups excluding tert-OH is 1. The predicted molar refractivity (Wildman–Crippen MR) is 52.3 cm³/mol. The van der Waals surface area contributed by atoms with E-state index < -0.39 is 0 Å². The molecule has 0 spiro atoms. The van der Waals surface area contributed by atoms with Crippen molar-refractivity contribution >= 4 is 6.29 Å². The highest BCUT2D eigenvalue weighted by Crippen LogP contribution is 2.15. The van der Waals surface area contributed by atoms with Gasteiger partial charge >= 0.3 is 0 Å². The Morgan fingerprint density at radius 3 is 2.93 bits per heavy atom. The van der Waals surface area contributed by atoms with Crippen LogP contribution in [0.4, 0.5) is 0 Å². The molecule has 0 aromatic heterocycles. The maximum Gasteiger partial charge on any atom is 0.151 e. The van der Waals surface area contributed by atoms with Crippen LogP contribution in [0, 0.1) is 11.8 Å². The van der Waals surface area contributed by atoms with Crippen LogP contribution < -0.4 is 4.74 Å². The van der Waals surface area contributed by atoms with Crippen molar-refractivity contribution in [2.45, 2.75) is 0 Å². The molecule has 1 rings (SSSR count). The first kappa shape index (κ1) is 10.3. The number of methoxy groups -OCH3 is 1. The Hall–Kier alpha value is -1.79. The van der Waals surface area contributed by atoms with Crippen LogP contribution >= 0.6 is 0 Å². The van der Waals surface area contributed by atoms with Crippen molar-refractivity contribution in [1.82, 2.24) is 0 Å². The van der Waals surface area contributed by atoms with Gasteiger partial charge in [0.1, 0.15) is 12.4 Å². The Bertz CT molecular complexity index is 385. The lowest BCUT2D eigenvalue weighted by Gasteiger charge is -2.01. The zero-order valence-electron chi connectivity index (χ0n) is 7.78. The third-order valence-corrected chi connectivity index (χ3v) is 1.69. The number of carbonyl (C=O) groups excluding carboxylic acids is 1. The van der Waals surface area contributed by atoms with Crippen molar-refractivity contribution in [3.05, 3.63) is 29.3 Å². The van der Waals surface area contributed by atoms with Gasteiger partial charge in [-0.25, -0.2) is 0 Å². The number of carbonyl (C=O) groups is 1. The molecule has 3 heteroatoms. The molecule has 0 amide bonds.